The van der Waals surface area contributed by atoms with E-state index in [1.54, 1.807) is 22.0 Å². The van der Waals surface area contributed by atoms with Gasteiger partial charge in [-0.3, -0.25) is 14.4 Å². The van der Waals surface area contributed by atoms with Crippen LogP contribution in [-0.4, -0.2) is 89.8 Å². The SMILES string of the molecule is C=CCCCOC(=O)[C@H]1[C@@H]2OC3(CC2Br)C(C(=O)N(CC=C)c2ccc(N(CC)CC)cc2)N(CCCCCCO)C(=O)[C@H]13. The molecule has 3 heterocycles. The van der Waals surface area contributed by atoms with Crippen LogP contribution in [0.3, 0.4) is 0 Å². The highest BCUT2D eigenvalue weighted by molar-refractivity contribution is 9.09. The van der Waals surface area contributed by atoms with Crippen LogP contribution in [0.15, 0.2) is 49.6 Å². The number of rotatable bonds is 18. The average Bonchev–Trinajstić information content (AvgIpc) is 3.62. The quantitative estimate of drug-likeness (QED) is 0.103. The van der Waals surface area contributed by atoms with Crippen LogP contribution < -0.4 is 9.80 Å². The lowest BCUT2D eigenvalue weighted by Gasteiger charge is -2.37. The van der Waals surface area contributed by atoms with Crippen LogP contribution >= 0.6 is 15.9 Å². The van der Waals surface area contributed by atoms with E-state index in [2.05, 4.69) is 47.8 Å². The van der Waals surface area contributed by atoms with E-state index in [9.17, 15) is 19.5 Å². The van der Waals surface area contributed by atoms with Crippen LogP contribution in [0.5, 0.6) is 0 Å². The molecule has 0 radical (unpaired) electrons. The van der Waals surface area contributed by atoms with Crippen molar-refractivity contribution in [2.24, 2.45) is 11.8 Å². The van der Waals surface area contributed by atoms with Gasteiger partial charge >= 0.3 is 5.97 Å². The second-order valence-corrected chi connectivity index (χ2v) is 13.0. The van der Waals surface area contributed by atoms with E-state index in [-0.39, 0.29) is 36.4 Å². The molecule has 9 nitrogen and oxygen atoms in total. The topological polar surface area (TPSA) is 99.6 Å². The first-order valence-corrected chi connectivity index (χ1v) is 17.0. The number of allylic oxidation sites excluding steroid dienone is 1. The molecule has 3 fully saturated rings. The number of ether oxygens (including phenoxy) is 2. The van der Waals surface area contributed by atoms with Crippen LogP contribution in [0, 0.1) is 11.8 Å². The number of unbranched alkanes of at least 4 members (excludes halogenated alkanes) is 4. The summed E-state index contributed by atoms with van der Waals surface area (Å²) in [6, 6.07) is 6.99. The summed E-state index contributed by atoms with van der Waals surface area (Å²) in [7, 11) is 0. The predicted molar refractivity (Wildman–Crippen MR) is 176 cm³/mol. The monoisotopic (exact) mass is 673 g/mol. The third kappa shape index (κ3) is 6.63. The molecule has 0 aliphatic carbocycles. The fraction of sp³-hybridized carbons (Fsp3) is 0.618. The molecule has 242 valence electrons. The fourth-order valence-electron chi connectivity index (χ4n) is 7.19. The van der Waals surface area contributed by atoms with E-state index in [1.807, 2.05) is 24.3 Å². The normalized spacial score (nSPS) is 26.9. The zero-order valence-electron chi connectivity index (χ0n) is 26.2. The minimum Gasteiger partial charge on any atom is -0.465 e. The average molecular weight is 675 g/mol. The van der Waals surface area contributed by atoms with Crippen molar-refractivity contribution in [3.05, 3.63) is 49.6 Å². The maximum atomic E-state index is 14.7. The lowest BCUT2D eigenvalue weighted by atomic mass is 9.70. The minimum atomic E-state index is -1.15. The van der Waals surface area contributed by atoms with E-state index in [1.165, 1.54) is 0 Å². The molecule has 6 atom stereocenters. The van der Waals surface area contributed by atoms with Gasteiger partial charge in [0.05, 0.1) is 24.5 Å². The van der Waals surface area contributed by atoms with Crippen LogP contribution in [-0.2, 0) is 23.9 Å². The Hall–Kier alpha value is -2.69. The van der Waals surface area contributed by atoms with Crippen molar-refractivity contribution < 1.29 is 29.0 Å². The third-order valence-electron chi connectivity index (χ3n) is 9.27. The molecule has 0 saturated carbocycles. The van der Waals surface area contributed by atoms with E-state index in [0.29, 0.717) is 37.9 Å². The van der Waals surface area contributed by atoms with Gasteiger partial charge in [0.1, 0.15) is 11.6 Å². The molecule has 1 spiro atoms. The van der Waals surface area contributed by atoms with Crippen molar-refractivity contribution in [2.75, 3.05) is 49.2 Å². The number of carbonyl (C=O) groups excluding carboxylic acids is 3. The van der Waals surface area contributed by atoms with Gasteiger partial charge in [-0.1, -0.05) is 40.9 Å². The molecule has 10 heteroatoms. The van der Waals surface area contributed by atoms with Crippen molar-refractivity contribution in [1.29, 1.82) is 0 Å². The van der Waals surface area contributed by atoms with Gasteiger partial charge in [0, 0.05) is 49.0 Å². The number of fused-ring (bicyclic) bond motifs is 1. The summed E-state index contributed by atoms with van der Waals surface area (Å²) in [6.45, 7) is 14.6. The minimum absolute atomic E-state index is 0.122. The van der Waals surface area contributed by atoms with Crippen LogP contribution in [0.2, 0.25) is 0 Å². The number of aliphatic hydroxyl groups is 1. The smallest absolute Gasteiger partial charge is 0.312 e. The van der Waals surface area contributed by atoms with Gasteiger partial charge in [-0.05, 0) is 70.2 Å². The van der Waals surface area contributed by atoms with E-state index >= 15 is 0 Å². The van der Waals surface area contributed by atoms with Crippen molar-refractivity contribution in [2.45, 2.75) is 81.4 Å². The molecule has 3 unspecified atom stereocenters. The van der Waals surface area contributed by atoms with Crippen LogP contribution in [0.4, 0.5) is 11.4 Å². The van der Waals surface area contributed by atoms with Gasteiger partial charge in [-0.15, -0.1) is 13.2 Å². The summed E-state index contributed by atoms with van der Waals surface area (Å²) in [5.74, 6) is -2.51. The van der Waals surface area contributed by atoms with Gasteiger partial charge < -0.3 is 29.3 Å². The molecule has 3 aliphatic heterocycles. The zero-order valence-corrected chi connectivity index (χ0v) is 27.8. The molecular formula is C34H48BrN3O6. The largest absolute Gasteiger partial charge is 0.465 e. The van der Waals surface area contributed by atoms with Crippen molar-refractivity contribution in [3.8, 4) is 0 Å². The predicted octanol–water partition coefficient (Wildman–Crippen LogP) is 4.86. The number of anilines is 2. The highest BCUT2D eigenvalue weighted by atomic mass is 79.9. The molecule has 4 rings (SSSR count). The number of hydrogen-bond donors (Lipinski definition) is 1. The van der Waals surface area contributed by atoms with E-state index < -0.39 is 35.6 Å². The first-order valence-electron chi connectivity index (χ1n) is 16.1. The van der Waals surface area contributed by atoms with Crippen LogP contribution in [0.1, 0.15) is 58.8 Å². The van der Waals surface area contributed by atoms with Crippen molar-refractivity contribution >= 4 is 45.1 Å². The summed E-state index contributed by atoms with van der Waals surface area (Å²) in [5.41, 5.74) is 0.629. The third-order valence-corrected chi connectivity index (χ3v) is 10.1. The Morgan fingerprint density at radius 2 is 1.77 bits per heavy atom. The molecule has 1 N–H and O–H groups in total. The number of nitrogens with zero attached hydrogens (tertiary/aromatic N) is 3. The maximum Gasteiger partial charge on any atom is 0.312 e. The van der Waals surface area contributed by atoms with Gasteiger partial charge in [0.2, 0.25) is 5.91 Å². The van der Waals surface area contributed by atoms with Crippen LogP contribution in [0.25, 0.3) is 0 Å². The zero-order chi connectivity index (χ0) is 31.9. The Bertz CT molecular complexity index is 1170. The Labute approximate surface area is 270 Å². The lowest BCUT2D eigenvalue weighted by molar-refractivity contribution is -0.155. The van der Waals surface area contributed by atoms with E-state index in [0.717, 1.165) is 38.0 Å². The number of alkyl halides is 1. The van der Waals surface area contributed by atoms with Crippen molar-refractivity contribution in [1.82, 2.24) is 4.90 Å². The Kier molecular flexibility index (Phi) is 12.1. The standard InChI is InChI=1S/C34H48BrN3O6/c1-5-9-14-22-43-33(42)27-28-31(40)38(20-12-10-11-13-21-39)30(34(28)23-26(35)29(27)44-34)32(41)37(19-6-2)25-17-15-24(16-18-25)36(7-3)8-4/h5-6,15-18,26-30,39H,1-2,7-14,19-23H2,3-4H3/t26?,27-,28+,29-,30?,34?/m1/s1. The van der Waals surface area contributed by atoms with Gasteiger partial charge in [-0.2, -0.15) is 0 Å². The Balaban J connectivity index is 1.68. The number of benzene rings is 1. The molecule has 2 bridgehead atoms. The molecule has 0 aromatic heterocycles. The molecule has 3 saturated heterocycles. The van der Waals surface area contributed by atoms with Gasteiger partial charge in [0.25, 0.3) is 5.91 Å². The molecule has 1 aromatic carbocycles. The first-order chi connectivity index (χ1) is 21.3. The van der Waals surface area contributed by atoms with Crippen molar-refractivity contribution in [3.63, 3.8) is 0 Å². The summed E-state index contributed by atoms with van der Waals surface area (Å²) in [6.07, 6.45) is 7.73. The molecule has 3 aliphatic rings. The number of esters is 1. The number of likely N-dealkylation sites (tertiary alicyclic amines) is 1. The summed E-state index contributed by atoms with van der Waals surface area (Å²) < 4.78 is 12.3. The number of hydrogen-bond acceptors (Lipinski definition) is 7. The molecule has 1 aromatic rings. The molecule has 2 amide bonds. The van der Waals surface area contributed by atoms with E-state index in [4.69, 9.17) is 9.47 Å². The second-order valence-electron chi connectivity index (χ2n) is 11.9. The van der Waals surface area contributed by atoms with Gasteiger partial charge in [-0.25, -0.2) is 0 Å². The lowest BCUT2D eigenvalue weighted by Crippen LogP contribution is -2.57. The maximum absolute atomic E-state index is 14.7. The molecule has 44 heavy (non-hydrogen) atoms. The molecular weight excluding hydrogens is 626 g/mol. The number of halogens is 1. The Morgan fingerprint density at radius 3 is 2.41 bits per heavy atom. The second kappa shape index (κ2) is 15.5. The summed E-state index contributed by atoms with van der Waals surface area (Å²) >= 11 is 3.73. The summed E-state index contributed by atoms with van der Waals surface area (Å²) in [4.78, 5) is 47.9. The fourth-order valence-corrected chi connectivity index (χ4v) is 8.14. The highest BCUT2D eigenvalue weighted by Gasteiger charge is 2.77. The number of aliphatic hydroxyl groups excluding tert-OH is 1. The van der Waals surface area contributed by atoms with Gasteiger partial charge in [0.15, 0.2) is 0 Å². The summed E-state index contributed by atoms with van der Waals surface area (Å²) in [5, 5.41) is 9.21. The highest BCUT2D eigenvalue weighted by Crippen LogP contribution is 2.60. The first kappa shape index (κ1) is 34.2. The number of carbonyl (C=O) groups is 3. The Morgan fingerprint density at radius 1 is 1.09 bits per heavy atom. The number of amides is 2.